The lowest BCUT2D eigenvalue weighted by molar-refractivity contribution is -0.130. The van der Waals surface area contributed by atoms with Crippen LogP contribution in [0, 0.1) is 0 Å². The second-order valence-electron chi connectivity index (χ2n) is 6.63. The van der Waals surface area contributed by atoms with Gasteiger partial charge in [-0.25, -0.2) is 5.01 Å². The minimum atomic E-state index is -0.0639. The molecule has 1 amide bonds. The predicted octanol–water partition coefficient (Wildman–Crippen LogP) is 5.81. The van der Waals surface area contributed by atoms with Gasteiger partial charge in [0, 0.05) is 17.8 Å². The number of rotatable bonds is 3. The third-order valence-electron chi connectivity index (χ3n) is 4.81. The van der Waals surface area contributed by atoms with Gasteiger partial charge in [0.25, 0.3) is 0 Å². The van der Waals surface area contributed by atoms with Crippen molar-refractivity contribution in [2.45, 2.75) is 19.4 Å². The Morgan fingerprint density at radius 3 is 2.11 bits per heavy atom. The Morgan fingerprint density at radius 2 is 1.48 bits per heavy atom. The zero-order valence-electron chi connectivity index (χ0n) is 15.0. The van der Waals surface area contributed by atoms with Crippen molar-refractivity contribution in [3.8, 4) is 11.1 Å². The lowest BCUT2D eigenvalue weighted by Crippen LogP contribution is -2.24. The third-order valence-corrected chi connectivity index (χ3v) is 5.34. The van der Waals surface area contributed by atoms with E-state index in [2.05, 4.69) is 57.4 Å². The highest BCUT2D eigenvalue weighted by Crippen LogP contribution is 2.34. The van der Waals surface area contributed by atoms with Crippen LogP contribution in [0.3, 0.4) is 0 Å². The van der Waals surface area contributed by atoms with E-state index in [0.29, 0.717) is 6.42 Å². The minimum absolute atomic E-state index is 0.0424. The lowest BCUT2D eigenvalue weighted by atomic mass is 9.96. The van der Waals surface area contributed by atoms with E-state index >= 15 is 0 Å². The quantitative estimate of drug-likeness (QED) is 0.527. The van der Waals surface area contributed by atoms with Gasteiger partial charge in [0.2, 0.25) is 5.91 Å². The number of nitrogens with zero attached hydrogens (tertiary/aromatic N) is 2. The number of halogens is 1. The van der Waals surface area contributed by atoms with Crippen molar-refractivity contribution < 1.29 is 4.79 Å². The largest absolute Gasteiger partial charge is 0.273 e. The molecule has 0 aromatic heterocycles. The molecule has 1 unspecified atom stereocenters. The molecule has 1 aliphatic heterocycles. The van der Waals surface area contributed by atoms with Gasteiger partial charge in [0.1, 0.15) is 0 Å². The molecule has 0 saturated heterocycles. The first-order valence-corrected chi connectivity index (χ1v) is 9.70. The number of hydrazone groups is 1. The molecule has 0 radical (unpaired) electrons. The van der Waals surface area contributed by atoms with Crippen LogP contribution in [0.15, 0.2) is 88.4 Å². The van der Waals surface area contributed by atoms with E-state index in [0.717, 1.165) is 21.3 Å². The first kappa shape index (κ1) is 17.7. The third kappa shape index (κ3) is 3.71. The van der Waals surface area contributed by atoms with E-state index in [1.54, 1.807) is 11.9 Å². The molecular formula is C23H19BrN2O. The summed E-state index contributed by atoms with van der Waals surface area (Å²) in [6, 6.07) is 26.7. The van der Waals surface area contributed by atoms with Crippen LogP contribution in [0.2, 0.25) is 0 Å². The van der Waals surface area contributed by atoms with E-state index in [1.165, 1.54) is 11.1 Å². The van der Waals surface area contributed by atoms with Gasteiger partial charge in [-0.05, 0) is 34.4 Å². The molecule has 1 heterocycles. The van der Waals surface area contributed by atoms with Crippen molar-refractivity contribution in [1.82, 2.24) is 5.01 Å². The molecule has 0 bridgehead atoms. The Kier molecular flexibility index (Phi) is 4.90. The van der Waals surface area contributed by atoms with E-state index in [4.69, 9.17) is 0 Å². The zero-order valence-corrected chi connectivity index (χ0v) is 16.6. The fourth-order valence-corrected chi connectivity index (χ4v) is 3.67. The molecule has 27 heavy (non-hydrogen) atoms. The molecule has 4 heteroatoms. The van der Waals surface area contributed by atoms with Gasteiger partial charge >= 0.3 is 0 Å². The topological polar surface area (TPSA) is 32.7 Å². The Hall–Kier alpha value is -2.72. The van der Waals surface area contributed by atoms with Crippen LogP contribution in [-0.4, -0.2) is 16.6 Å². The summed E-state index contributed by atoms with van der Waals surface area (Å²) in [5, 5.41) is 6.22. The van der Waals surface area contributed by atoms with Crippen LogP contribution in [0.4, 0.5) is 0 Å². The minimum Gasteiger partial charge on any atom is -0.273 e. The molecule has 0 aliphatic carbocycles. The summed E-state index contributed by atoms with van der Waals surface area (Å²) >= 11 is 3.46. The Bertz CT molecular complexity index is 979. The Morgan fingerprint density at radius 1 is 0.889 bits per heavy atom. The molecule has 3 aromatic carbocycles. The summed E-state index contributed by atoms with van der Waals surface area (Å²) < 4.78 is 1.03. The molecule has 0 spiro atoms. The summed E-state index contributed by atoms with van der Waals surface area (Å²) in [4.78, 5) is 12.2. The van der Waals surface area contributed by atoms with Crippen molar-refractivity contribution in [1.29, 1.82) is 0 Å². The highest BCUT2D eigenvalue weighted by atomic mass is 79.9. The maximum atomic E-state index is 12.2. The number of carbonyl (C=O) groups is 1. The Labute approximate surface area is 167 Å². The molecule has 4 rings (SSSR count). The number of hydrogen-bond donors (Lipinski definition) is 0. The van der Waals surface area contributed by atoms with Crippen molar-refractivity contribution in [2.24, 2.45) is 5.10 Å². The maximum absolute atomic E-state index is 12.2. The van der Waals surface area contributed by atoms with Gasteiger partial charge in [-0.2, -0.15) is 5.10 Å². The second kappa shape index (κ2) is 7.49. The lowest BCUT2D eigenvalue weighted by Gasteiger charge is -2.20. The zero-order chi connectivity index (χ0) is 18.8. The molecule has 1 atom stereocenters. The van der Waals surface area contributed by atoms with E-state index < -0.39 is 0 Å². The van der Waals surface area contributed by atoms with Gasteiger partial charge in [0.15, 0.2) is 0 Å². The van der Waals surface area contributed by atoms with Gasteiger partial charge in [-0.3, -0.25) is 4.79 Å². The highest BCUT2D eigenvalue weighted by molar-refractivity contribution is 9.10. The molecule has 1 aliphatic rings. The second-order valence-corrected chi connectivity index (χ2v) is 7.54. The Balaban J connectivity index is 1.61. The first-order chi connectivity index (χ1) is 13.1. The van der Waals surface area contributed by atoms with Crippen molar-refractivity contribution in [2.75, 3.05) is 0 Å². The predicted molar refractivity (Wildman–Crippen MR) is 112 cm³/mol. The monoisotopic (exact) mass is 418 g/mol. The summed E-state index contributed by atoms with van der Waals surface area (Å²) in [5.41, 5.74) is 5.44. The fraction of sp³-hybridized carbons (Fsp3) is 0.130. The van der Waals surface area contributed by atoms with Gasteiger partial charge in [-0.1, -0.05) is 82.7 Å². The van der Waals surface area contributed by atoms with Gasteiger partial charge in [-0.15, -0.1) is 0 Å². The average Bonchev–Trinajstić information content (AvgIpc) is 3.15. The van der Waals surface area contributed by atoms with Crippen molar-refractivity contribution in [3.05, 3.63) is 94.5 Å². The van der Waals surface area contributed by atoms with Crippen LogP contribution in [-0.2, 0) is 4.79 Å². The average molecular weight is 419 g/mol. The first-order valence-electron chi connectivity index (χ1n) is 8.90. The number of hydrogen-bond acceptors (Lipinski definition) is 2. The maximum Gasteiger partial charge on any atom is 0.240 e. The van der Waals surface area contributed by atoms with Crippen LogP contribution in [0.5, 0.6) is 0 Å². The van der Waals surface area contributed by atoms with Crippen molar-refractivity contribution >= 4 is 27.5 Å². The van der Waals surface area contributed by atoms with E-state index in [9.17, 15) is 4.79 Å². The summed E-state index contributed by atoms with van der Waals surface area (Å²) in [6.07, 6.45) is 0.714. The van der Waals surface area contributed by atoms with Crippen LogP contribution in [0.25, 0.3) is 11.1 Å². The van der Waals surface area contributed by atoms with Gasteiger partial charge in [0.05, 0.1) is 11.8 Å². The SMILES string of the molecule is CC(=O)N1N=C(c2ccc(Br)cc2)CC1c1ccc(-c2ccccc2)cc1. The molecule has 3 nitrogen and oxygen atoms in total. The van der Waals surface area contributed by atoms with E-state index in [-0.39, 0.29) is 11.9 Å². The van der Waals surface area contributed by atoms with Crippen LogP contribution >= 0.6 is 15.9 Å². The summed E-state index contributed by atoms with van der Waals surface area (Å²) in [6.45, 7) is 1.57. The number of amides is 1. The van der Waals surface area contributed by atoms with E-state index in [1.807, 2.05) is 42.5 Å². The molecule has 0 fully saturated rings. The number of benzene rings is 3. The smallest absolute Gasteiger partial charge is 0.240 e. The molecule has 0 saturated carbocycles. The molecule has 3 aromatic rings. The number of carbonyl (C=O) groups excluding carboxylic acids is 1. The normalized spacial score (nSPS) is 16.3. The van der Waals surface area contributed by atoms with Gasteiger partial charge < -0.3 is 0 Å². The summed E-state index contributed by atoms with van der Waals surface area (Å²) in [5.74, 6) is -0.0424. The molecule has 0 N–H and O–H groups in total. The summed E-state index contributed by atoms with van der Waals surface area (Å²) in [7, 11) is 0. The molecular weight excluding hydrogens is 400 g/mol. The van der Waals surface area contributed by atoms with Crippen LogP contribution < -0.4 is 0 Å². The fourth-order valence-electron chi connectivity index (χ4n) is 3.41. The standard InChI is InChI=1S/C23H19BrN2O/c1-16(27)26-23(15-22(25-26)19-11-13-21(24)14-12-19)20-9-7-18(8-10-20)17-5-3-2-4-6-17/h2-14,23H,15H2,1H3. The highest BCUT2D eigenvalue weighted by Gasteiger charge is 2.31. The molecule has 134 valence electrons. The van der Waals surface area contributed by atoms with Crippen molar-refractivity contribution in [3.63, 3.8) is 0 Å². The van der Waals surface area contributed by atoms with Crippen LogP contribution in [0.1, 0.15) is 30.5 Å².